The lowest BCUT2D eigenvalue weighted by molar-refractivity contribution is -0.118. The van der Waals surface area contributed by atoms with Gasteiger partial charge in [0.25, 0.3) is 5.91 Å². The lowest BCUT2D eigenvalue weighted by Crippen LogP contribution is -2.25. The Labute approximate surface area is 147 Å². The molecule has 2 aromatic heterocycles. The number of furan rings is 1. The molecule has 9 nitrogen and oxygen atoms in total. The molecule has 0 radical (unpaired) electrons. The van der Waals surface area contributed by atoms with Crippen LogP contribution in [0.5, 0.6) is 5.75 Å². The van der Waals surface area contributed by atoms with Crippen LogP contribution in [-0.4, -0.2) is 28.6 Å². The third-order valence-corrected chi connectivity index (χ3v) is 3.67. The van der Waals surface area contributed by atoms with Gasteiger partial charge in [-0.25, -0.2) is 0 Å². The minimum atomic E-state index is -0.232. The molecule has 3 aromatic rings. The molecule has 1 aromatic carbocycles. The summed E-state index contributed by atoms with van der Waals surface area (Å²) in [5.74, 6) is 1.31. The average molecular weight is 354 g/mol. The van der Waals surface area contributed by atoms with Crippen molar-refractivity contribution in [3.8, 4) is 17.3 Å². The fourth-order valence-electron chi connectivity index (χ4n) is 2.47. The fraction of sp³-hybridized carbons (Fsp3) is 0.176. The van der Waals surface area contributed by atoms with Crippen LogP contribution in [0, 0.1) is 0 Å². The standard InChI is InChI=1S/C17H14N4O5/c22-14(5-6-16-20-17(21-26-16)13-2-1-7-24-13)18-10-3-4-12-11(8-10)19-15(23)9-25-12/h1-4,7-8H,5-6,9H2,(H,18,22)(H,19,23). The molecule has 2 amide bonds. The molecule has 0 fully saturated rings. The molecule has 0 bridgehead atoms. The topological polar surface area (TPSA) is 119 Å². The second-order valence-corrected chi connectivity index (χ2v) is 5.58. The lowest BCUT2D eigenvalue weighted by Gasteiger charge is -2.18. The predicted octanol–water partition coefficient (Wildman–Crippen LogP) is 2.23. The van der Waals surface area contributed by atoms with Crippen LogP contribution in [0.3, 0.4) is 0 Å². The second kappa shape index (κ2) is 6.71. The lowest BCUT2D eigenvalue weighted by atomic mass is 10.2. The van der Waals surface area contributed by atoms with Gasteiger partial charge in [-0.3, -0.25) is 9.59 Å². The summed E-state index contributed by atoms with van der Waals surface area (Å²) >= 11 is 0. The van der Waals surface area contributed by atoms with Crippen molar-refractivity contribution in [3.05, 3.63) is 42.5 Å². The van der Waals surface area contributed by atoms with Crippen LogP contribution in [0.2, 0.25) is 0 Å². The van der Waals surface area contributed by atoms with E-state index in [1.807, 2.05) is 0 Å². The maximum atomic E-state index is 12.1. The predicted molar refractivity (Wildman–Crippen MR) is 89.5 cm³/mol. The van der Waals surface area contributed by atoms with Crippen LogP contribution in [0.15, 0.2) is 45.5 Å². The Morgan fingerprint density at radius 1 is 1.31 bits per heavy atom. The molecule has 132 valence electrons. The summed E-state index contributed by atoms with van der Waals surface area (Å²) in [6, 6.07) is 8.49. The Morgan fingerprint density at radius 3 is 3.08 bits per heavy atom. The number of hydrogen-bond donors (Lipinski definition) is 2. The van der Waals surface area contributed by atoms with E-state index in [4.69, 9.17) is 13.7 Å². The molecule has 1 aliphatic rings. The number of fused-ring (bicyclic) bond motifs is 1. The molecular formula is C17H14N4O5. The Bertz CT molecular complexity index is 948. The van der Waals surface area contributed by atoms with Gasteiger partial charge in [-0.05, 0) is 30.3 Å². The van der Waals surface area contributed by atoms with Gasteiger partial charge >= 0.3 is 0 Å². The maximum Gasteiger partial charge on any atom is 0.262 e. The Balaban J connectivity index is 1.34. The van der Waals surface area contributed by atoms with Crippen LogP contribution in [0.25, 0.3) is 11.6 Å². The van der Waals surface area contributed by atoms with Crippen LogP contribution >= 0.6 is 0 Å². The van der Waals surface area contributed by atoms with Crippen molar-refractivity contribution in [2.45, 2.75) is 12.8 Å². The number of ether oxygens (including phenoxy) is 1. The van der Waals surface area contributed by atoms with E-state index in [-0.39, 0.29) is 24.8 Å². The zero-order valence-corrected chi connectivity index (χ0v) is 13.5. The number of nitrogens with zero attached hydrogens (tertiary/aromatic N) is 2. The molecule has 4 rings (SSSR count). The number of aromatic nitrogens is 2. The summed E-state index contributed by atoms with van der Waals surface area (Å²) < 4.78 is 15.6. The summed E-state index contributed by atoms with van der Waals surface area (Å²) in [6.45, 7) is -0.0110. The van der Waals surface area contributed by atoms with E-state index in [9.17, 15) is 9.59 Å². The number of benzene rings is 1. The number of rotatable bonds is 5. The SMILES string of the molecule is O=C(CCc1nc(-c2ccco2)no1)Nc1ccc2c(c1)NC(=O)CO2. The van der Waals surface area contributed by atoms with Crippen molar-refractivity contribution in [1.82, 2.24) is 10.1 Å². The van der Waals surface area contributed by atoms with Crippen LogP contribution in [-0.2, 0) is 16.0 Å². The van der Waals surface area contributed by atoms with Gasteiger partial charge in [0.05, 0.1) is 12.0 Å². The summed E-state index contributed by atoms with van der Waals surface area (Å²) in [6.07, 6.45) is 1.98. The highest BCUT2D eigenvalue weighted by molar-refractivity contribution is 5.97. The molecule has 0 atom stereocenters. The van der Waals surface area contributed by atoms with Gasteiger partial charge in [0.2, 0.25) is 17.6 Å². The normalized spacial score (nSPS) is 12.8. The number of carbonyl (C=O) groups is 2. The van der Waals surface area contributed by atoms with Crippen LogP contribution in [0.1, 0.15) is 12.3 Å². The molecule has 26 heavy (non-hydrogen) atoms. The second-order valence-electron chi connectivity index (χ2n) is 5.58. The highest BCUT2D eigenvalue weighted by atomic mass is 16.5. The summed E-state index contributed by atoms with van der Waals surface area (Å²) in [4.78, 5) is 27.7. The van der Waals surface area contributed by atoms with E-state index in [0.29, 0.717) is 41.0 Å². The van der Waals surface area contributed by atoms with E-state index in [1.54, 1.807) is 30.3 Å². The Hall–Kier alpha value is -3.62. The van der Waals surface area contributed by atoms with Gasteiger partial charge < -0.3 is 24.3 Å². The van der Waals surface area contributed by atoms with E-state index in [2.05, 4.69) is 20.8 Å². The molecule has 0 spiro atoms. The molecule has 0 saturated carbocycles. The summed E-state index contributed by atoms with van der Waals surface area (Å²) in [5, 5.41) is 9.26. The quantitative estimate of drug-likeness (QED) is 0.721. The van der Waals surface area contributed by atoms with Gasteiger partial charge in [0, 0.05) is 18.5 Å². The summed E-state index contributed by atoms with van der Waals surface area (Å²) in [5.41, 5.74) is 1.08. The van der Waals surface area contributed by atoms with Crippen molar-refractivity contribution in [1.29, 1.82) is 0 Å². The highest BCUT2D eigenvalue weighted by Gasteiger charge is 2.17. The largest absolute Gasteiger partial charge is 0.482 e. The molecule has 2 N–H and O–H groups in total. The fourth-order valence-corrected chi connectivity index (χ4v) is 2.47. The van der Waals surface area contributed by atoms with Crippen molar-refractivity contribution in [2.75, 3.05) is 17.2 Å². The van der Waals surface area contributed by atoms with Crippen molar-refractivity contribution in [3.63, 3.8) is 0 Å². The first-order chi connectivity index (χ1) is 12.7. The smallest absolute Gasteiger partial charge is 0.262 e. The molecule has 0 aliphatic carbocycles. The molecule has 0 saturated heterocycles. The zero-order chi connectivity index (χ0) is 17.9. The number of aryl methyl sites for hydroxylation is 1. The summed E-state index contributed by atoms with van der Waals surface area (Å²) in [7, 11) is 0. The van der Waals surface area contributed by atoms with E-state index >= 15 is 0 Å². The number of hydrogen-bond acceptors (Lipinski definition) is 7. The third kappa shape index (κ3) is 3.41. The van der Waals surface area contributed by atoms with Gasteiger partial charge in [0.1, 0.15) is 5.75 Å². The number of amides is 2. The monoisotopic (exact) mass is 354 g/mol. The first kappa shape index (κ1) is 15.9. The Morgan fingerprint density at radius 2 is 2.23 bits per heavy atom. The Kier molecular flexibility index (Phi) is 4.10. The van der Waals surface area contributed by atoms with Gasteiger partial charge in [-0.1, -0.05) is 5.16 Å². The van der Waals surface area contributed by atoms with E-state index in [1.165, 1.54) is 6.26 Å². The van der Waals surface area contributed by atoms with Crippen molar-refractivity contribution >= 4 is 23.2 Å². The minimum Gasteiger partial charge on any atom is -0.482 e. The molecule has 0 unspecified atom stereocenters. The van der Waals surface area contributed by atoms with Crippen LogP contribution in [0.4, 0.5) is 11.4 Å². The minimum absolute atomic E-state index is 0.0110. The zero-order valence-electron chi connectivity index (χ0n) is 13.5. The number of anilines is 2. The number of nitrogens with one attached hydrogen (secondary N) is 2. The van der Waals surface area contributed by atoms with E-state index < -0.39 is 0 Å². The average Bonchev–Trinajstić information content (AvgIpc) is 3.31. The molecule has 9 heteroatoms. The third-order valence-electron chi connectivity index (χ3n) is 3.67. The molecule has 1 aliphatic heterocycles. The van der Waals surface area contributed by atoms with Gasteiger partial charge in [-0.15, -0.1) is 0 Å². The van der Waals surface area contributed by atoms with Crippen LogP contribution < -0.4 is 15.4 Å². The van der Waals surface area contributed by atoms with Crippen molar-refractivity contribution < 1.29 is 23.3 Å². The van der Waals surface area contributed by atoms with Crippen molar-refractivity contribution in [2.24, 2.45) is 0 Å². The number of carbonyl (C=O) groups excluding carboxylic acids is 2. The molecular weight excluding hydrogens is 340 g/mol. The van der Waals surface area contributed by atoms with E-state index in [0.717, 1.165) is 0 Å². The highest BCUT2D eigenvalue weighted by Crippen LogP contribution is 2.30. The first-order valence-corrected chi connectivity index (χ1v) is 7.90. The van der Waals surface area contributed by atoms with Gasteiger partial charge in [-0.2, -0.15) is 4.98 Å². The molecule has 3 heterocycles. The first-order valence-electron chi connectivity index (χ1n) is 7.90. The maximum absolute atomic E-state index is 12.1. The van der Waals surface area contributed by atoms with Gasteiger partial charge in [0.15, 0.2) is 12.4 Å².